The summed E-state index contributed by atoms with van der Waals surface area (Å²) in [5.41, 5.74) is -0.360. The Morgan fingerprint density at radius 1 is 1.16 bits per heavy atom. The van der Waals surface area contributed by atoms with Gasteiger partial charge >= 0.3 is 5.97 Å². The van der Waals surface area contributed by atoms with Crippen molar-refractivity contribution in [3.63, 3.8) is 0 Å². The molecule has 0 aromatic rings. The quantitative estimate of drug-likeness (QED) is 0.772. The first-order chi connectivity index (χ1) is 8.45. The molecule has 2 N–H and O–H groups in total. The zero-order valence-corrected chi connectivity index (χ0v) is 12.5. The van der Waals surface area contributed by atoms with Crippen LogP contribution in [0.25, 0.3) is 0 Å². The number of carbonyl (C=O) groups is 3. The summed E-state index contributed by atoms with van der Waals surface area (Å²) in [6.45, 7) is 8.51. The molecule has 0 rings (SSSR count). The highest BCUT2D eigenvalue weighted by Gasteiger charge is 2.29. The molecule has 0 saturated heterocycles. The third kappa shape index (κ3) is 6.22. The van der Waals surface area contributed by atoms with Gasteiger partial charge in [-0.25, -0.2) is 0 Å². The number of amides is 2. The van der Waals surface area contributed by atoms with Crippen LogP contribution in [0.1, 0.15) is 34.6 Å². The third-order valence-electron chi connectivity index (χ3n) is 2.80. The molecule has 0 heterocycles. The van der Waals surface area contributed by atoms with Crippen LogP contribution in [0.2, 0.25) is 0 Å². The molecule has 0 radical (unpaired) electrons. The number of nitrogens with zero attached hydrogens (tertiary/aromatic N) is 1. The van der Waals surface area contributed by atoms with Gasteiger partial charge < -0.3 is 15.3 Å². The minimum atomic E-state index is -1.02. The van der Waals surface area contributed by atoms with Gasteiger partial charge in [0, 0.05) is 18.5 Å². The summed E-state index contributed by atoms with van der Waals surface area (Å²) in [4.78, 5) is 35.7. The molecular formula is C13H24N2O4. The fraction of sp³-hybridized carbons (Fsp3) is 0.769. The maximum Gasteiger partial charge on any atom is 0.307 e. The van der Waals surface area contributed by atoms with E-state index in [4.69, 9.17) is 5.11 Å². The summed E-state index contributed by atoms with van der Waals surface area (Å²) in [5, 5.41) is 11.6. The average molecular weight is 272 g/mol. The van der Waals surface area contributed by atoms with Crippen molar-refractivity contribution in [2.45, 2.75) is 40.2 Å². The molecule has 0 fully saturated rings. The van der Waals surface area contributed by atoms with Crippen molar-refractivity contribution < 1.29 is 19.5 Å². The lowest BCUT2D eigenvalue weighted by Gasteiger charge is -2.26. The summed E-state index contributed by atoms with van der Waals surface area (Å²) >= 11 is 0. The second-order valence-corrected chi connectivity index (χ2v) is 5.91. The summed E-state index contributed by atoms with van der Waals surface area (Å²) in [6.07, 6.45) is 0. The lowest BCUT2D eigenvalue weighted by molar-refractivity contribution is -0.149. The topological polar surface area (TPSA) is 86.7 Å². The molecule has 0 aliphatic rings. The Bertz CT molecular complexity index is 360. The first-order valence-corrected chi connectivity index (χ1v) is 6.24. The molecule has 0 aliphatic heterocycles. The monoisotopic (exact) mass is 272 g/mol. The molecule has 0 spiro atoms. The van der Waals surface area contributed by atoms with Crippen LogP contribution in [-0.2, 0) is 14.4 Å². The summed E-state index contributed by atoms with van der Waals surface area (Å²) < 4.78 is 0. The molecule has 6 nitrogen and oxygen atoms in total. The molecule has 0 aromatic heterocycles. The van der Waals surface area contributed by atoms with Crippen molar-refractivity contribution in [1.82, 2.24) is 10.2 Å². The van der Waals surface area contributed by atoms with Crippen LogP contribution >= 0.6 is 0 Å². The molecule has 2 atom stereocenters. The number of nitrogens with one attached hydrogen (secondary N) is 1. The fourth-order valence-electron chi connectivity index (χ4n) is 1.53. The van der Waals surface area contributed by atoms with E-state index in [1.165, 1.54) is 18.9 Å². The van der Waals surface area contributed by atoms with E-state index in [0.29, 0.717) is 0 Å². The Morgan fingerprint density at radius 3 is 2.00 bits per heavy atom. The van der Waals surface area contributed by atoms with Crippen LogP contribution in [0, 0.1) is 11.8 Å². The molecule has 6 heteroatoms. The van der Waals surface area contributed by atoms with Gasteiger partial charge in [0.25, 0.3) is 0 Å². The van der Waals surface area contributed by atoms with Gasteiger partial charge in [0.15, 0.2) is 0 Å². The molecular weight excluding hydrogens is 248 g/mol. The predicted molar refractivity (Wildman–Crippen MR) is 71.5 cm³/mol. The largest absolute Gasteiger partial charge is 0.481 e. The van der Waals surface area contributed by atoms with Crippen LogP contribution in [0.3, 0.4) is 0 Å². The van der Waals surface area contributed by atoms with Crippen LogP contribution in [-0.4, -0.2) is 46.9 Å². The lowest BCUT2D eigenvalue weighted by atomic mass is 9.95. The minimum absolute atomic E-state index is 0.0766. The van der Waals surface area contributed by atoms with E-state index in [9.17, 15) is 14.4 Å². The Kier molecular flexibility index (Phi) is 5.99. The molecule has 0 aromatic carbocycles. The van der Waals surface area contributed by atoms with Gasteiger partial charge in [-0.1, -0.05) is 13.8 Å². The maximum atomic E-state index is 12.0. The standard InChI is InChI=1S/C13H24N2O4/c1-8(9(2)12(18)19)11(17)15(6)7-10(16)14-13(3,4)5/h8-9H,7H2,1-6H3,(H,14,16)(H,18,19). The summed E-state index contributed by atoms with van der Waals surface area (Å²) in [5.74, 6) is -3.07. The lowest BCUT2D eigenvalue weighted by Crippen LogP contribution is -2.47. The third-order valence-corrected chi connectivity index (χ3v) is 2.80. The normalized spacial score (nSPS) is 14.4. The van der Waals surface area contributed by atoms with Crippen LogP contribution in [0.5, 0.6) is 0 Å². The van der Waals surface area contributed by atoms with Crippen LogP contribution in [0.15, 0.2) is 0 Å². The van der Waals surface area contributed by atoms with Crippen molar-refractivity contribution in [3.05, 3.63) is 0 Å². The van der Waals surface area contributed by atoms with Gasteiger partial charge in [0.2, 0.25) is 11.8 Å². The molecule has 0 aliphatic carbocycles. The number of likely N-dealkylation sites (N-methyl/N-ethyl adjacent to an activating group) is 1. The van der Waals surface area contributed by atoms with Crippen LogP contribution in [0.4, 0.5) is 0 Å². The van der Waals surface area contributed by atoms with E-state index in [1.54, 1.807) is 6.92 Å². The van der Waals surface area contributed by atoms with E-state index in [0.717, 1.165) is 0 Å². The van der Waals surface area contributed by atoms with E-state index >= 15 is 0 Å². The number of carboxylic acid groups (broad SMARTS) is 1. The van der Waals surface area contributed by atoms with Gasteiger partial charge in [-0.15, -0.1) is 0 Å². The Labute approximate surface area is 114 Å². The molecule has 110 valence electrons. The van der Waals surface area contributed by atoms with Crippen molar-refractivity contribution in [3.8, 4) is 0 Å². The van der Waals surface area contributed by atoms with Crippen molar-refractivity contribution in [2.24, 2.45) is 11.8 Å². The predicted octanol–water partition coefficient (Wildman–Crippen LogP) is 0.716. The van der Waals surface area contributed by atoms with Crippen LogP contribution < -0.4 is 5.32 Å². The van der Waals surface area contributed by atoms with Gasteiger partial charge in [-0.2, -0.15) is 0 Å². The smallest absolute Gasteiger partial charge is 0.307 e. The molecule has 19 heavy (non-hydrogen) atoms. The van der Waals surface area contributed by atoms with Gasteiger partial charge in [-0.05, 0) is 20.8 Å². The van der Waals surface area contributed by atoms with E-state index in [2.05, 4.69) is 5.32 Å². The summed E-state index contributed by atoms with van der Waals surface area (Å²) in [7, 11) is 1.50. The fourth-order valence-corrected chi connectivity index (χ4v) is 1.53. The number of rotatable bonds is 5. The van der Waals surface area contributed by atoms with Gasteiger partial charge in [0.1, 0.15) is 0 Å². The Balaban J connectivity index is 4.50. The first kappa shape index (κ1) is 17.4. The second kappa shape index (κ2) is 6.54. The number of aliphatic carboxylic acids is 1. The Morgan fingerprint density at radius 2 is 1.63 bits per heavy atom. The highest BCUT2D eigenvalue weighted by atomic mass is 16.4. The molecule has 2 unspecified atom stereocenters. The zero-order valence-electron chi connectivity index (χ0n) is 12.5. The molecule has 0 bridgehead atoms. The number of carbonyl (C=O) groups excluding carboxylic acids is 2. The molecule has 0 saturated carbocycles. The van der Waals surface area contributed by atoms with E-state index in [1.807, 2.05) is 20.8 Å². The van der Waals surface area contributed by atoms with Gasteiger partial charge in [-0.3, -0.25) is 14.4 Å². The number of hydrogen-bond donors (Lipinski definition) is 2. The Hall–Kier alpha value is -1.59. The van der Waals surface area contributed by atoms with Gasteiger partial charge in [0.05, 0.1) is 12.5 Å². The highest BCUT2D eigenvalue weighted by molar-refractivity contribution is 5.88. The minimum Gasteiger partial charge on any atom is -0.481 e. The van der Waals surface area contributed by atoms with Crippen molar-refractivity contribution in [2.75, 3.05) is 13.6 Å². The SMILES string of the molecule is CC(C(=O)O)C(C)C(=O)N(C)CC(=O)NC(C)(C)C. The second-order valence-electron chi connectivity index (χ2n) is 5.91. The molecule has 2 amide bonds. The zero-order chi connectivity index (χ0) is 15.4. The summed E-state index contributed by atoms with van der Waals surface area (Å²) in [6, 6.07) is 0. The van der Waals surface area contributed by atoms with Crippen molar-refractivity contribution in [1.29, 1.82) is 0 Å². The van der Waals surface area contributed by atoms with Crippen molar-refractivity contribution >= 4 is 17.8 Å². The number of carboxylic acids is 1. The van der Waals surface area contributed by atoms with E-state index < -0.39 is 17.8 Å². The maximum absolute atomic E-state index is 12.0. The highest BCUT2D eigenvalue weighted by Crippen LogP contribution is 2.13. The first-order valence-electron chi connectivity index (χ1n) is 6.24. The van der Waals surface area contributed by atoms with E-state index in [-0.39, 0.29) is 23.9 Å². The number of hydrogen-bond acceptors (Lipinski definition) is 3. The average Bonchev–Trinajstić information content (AvgIpc) is 2.22.